The minimum absolute atomic E-state index is 0.0431. The van der Waals surface area contributed by atoms with Crippen LogP contribution in [0, 0.1) is 17.1 Å². The van der Waals surface area contributed by atoms with E-state index in [1.165, 1.54) is 24.6 Å². The second kappa shape index (κ2) is 10.3. The first-order valence-corrected chi connectivity index (χ1v) is 12.3. The van der Waals surface area contributed by atoms with E-state index in [0.717, 1.165) is 43.1 Å². The average Bonchev–Trinajstić information content (AvgIpc) is 3.45. The minimum atomic E-state index is -0.418. The highest BCUT2D eigenvalue weighted by molar-refractivity contribution is 5.52. The van der Waals surface area contributed by atoms with E-state index >= 15 is 0 Å². The van der Waals surface area contributed by atoms with Crippen LogP contribution in [0.1, 0.15) is 36.1 Å². The van der Waals surface area contributed by atoms with Crippen molar-refractivity contribution < 1.29 is 14.2 Å². The number of aromatic hydroxyl groups is 1. The average molecular weight is 482 g/mol. The van der Waals surface area contributed by atoms with Crippen molar-refractivity contribution in [3.63, 3.8) is 0 Å². The first-order chi connectivity index (χ1) is 17.0. The Morgan fingerprint density at radius 1 is 1.29 bits per heavy atom. The molecule has 3 aliphatic heterocycles. The lowest BCUT2D eigenvalue weighted by atomic mass is 10.1. The van der Waals surface area contributed by atoms with Gasteiger partial charge < -0.3 is 25.0 Å². The monoisotopic (exact) mass is 481 g/mol. The molecule has 10 heteroatoms. The Hall–Kier alpha value is -3.00. The molecule has 1 aromatic carbocycles. The summed E-state index contributed by atoms with van der Waals surface area (Å²) in [5, 5.41) is 22.8. The van der Waals surface area contributed by atoms with Crippen LogP contribution in [0.15, 0.2) is 18.2 Å². The maximum atomic E-state index is 14.4. The number of nitrogens with zero attached hydrogens (tertiary/aromatic N) is 6. The predicted molar refractivity (Wildman–Crippen MR) is 128 cm³/mol. The van der Waals surface area contributed by atoms with Gasteiger partial charge in [0.15, 0.2) is 0 Å². The van der Waals surface area contributed by atoms with Gasteiger partial charge in [0.2, 0.25) is 0 Å². The number of phenolic OH excluding ortho intramolecular Hbond substituents is 1. The zero-order chi connectivity index (χ0) is 24.4. The highest BCUT2D eigenvalue weighted by Gasteiger charge is 2.31. The molecule has 2 aromatic rings. The van der Waals surface area contributed by atoms with Gasteiger partial charge in [0.05, 0.1) is 18.2 Å². The molecule has 9 nitrogen and oxygen atoms in total. The summed E-state index contributed by atoms with van der Waals surface area (Å²) < 4.78 is 20.5. The number of anilines is 1. The number of benzene rings is 1. The number of fused-ring (bicyclic) bond motifs is 1. The van der Waals surface area contributed by atoms with Crippen molar-refractivity contribution in [2.45, 2.75) is 51.0 Å². The Morgan fingerprint density at radius 2 is 2.17 bits per heavy atom. The lowest BCUT2D eigenvalue weighted by Crippen LogP contribution is -2.51. The van der Waals surface area contributed by atoms with Gasteiger partial charge in [-0.2, -0.15) is 15.2 Å². The summed E-state index contributed by atoms with van der Waals surface area (Å²) in [6.07, 6.45) is 2.70. The number of phenols is 1. The van der Waals surface area contributed by atoms with Crippen LogP contribution < -0.4 is 15.0 Å². The van der Waals surface area contributed by atoms with Crippen LogP contribution in [0.2, 0.25) is 0 Å². The number of likely N-dealkylation sites (tertiary alicyclic amines) is 1. The first-order valence-electron chi connectivity index (χ1n) is 12.3. The number of hydrogen-bond donors (Lipinski definition) is 2. The molecule has 2 fully saturated rings. The van der Waals surface area contributed by atoms with Gasteiger partial charge in [-0.1, -0.05) is 6.07 Å². The fourth-order valence-electron chi connectivity index (χ4n) is 5.27. The molecular formula is C25H32FN7O2. The van der Waals surface area contributed by atoms with Crippen LogP contribution in [0.4, 0.5) is 10.2 Å². The number of nitriles is 1. The molecule has 5 rings (SSSR count). The Kier molecular flexibility index (Phi) is 7.00. The van der Waals surface area contributed by atoms with Crippen LogP contribution >= 0.6 is 0 Å². The summed E-state index contributed by atoms with van der Waals surface area (Å²) >= 11 is 0. The summed E-state index contributed by atoms with van der Waals surface area (Å²) in [5.74, 6) is 0.367. The smallest absolute Gasteiger partial charge is 0.318 e. The van der Waals surface area contributed by atoms with Gasteiger partial charge in [-0.25, -0.2) is 4.39 Å². The Balaban J connectivity index is 1.40. The Bertz CT molecular complexity index is 1090. The lowest BCUT2D eigenvalue weighted by molar-refractivity contribution is 0.187. The molecule has 2 saturated heterocycles. The molecular weight excluding hydrogens is 449 g/mol. The quantitative estimate of drug-likeness (QED) is 0.615. The molecule has 0 saturated carbocycles. The van der Waals surface area contributed by atoms with Crippen LogP contribution in [0.25, 0.3) is 0 Å². The topological polar surface area (TPSA) is 101 Å². The van der Waals surface area contributed by atoms with Gasteiger partial charge in [0.25, 0.3) is 0 Å². The summed E-state index contributed by atoms with van der Waals surface area (Å²) in [6.45, 7) is 5.17. The third-order valence-corrected chi connectivity index (χ3v) is 7.25. The zero-order valence-corrected chi connectivity index (χ0v) is 20.1. The number of halogens is 1. The standard InChI is InChI=1S/C25H32FN7O2/c1-31-10-3-4-18(31)16-35-25-29-22-15-32(13-19-21(26)5-2-6-23(19)34)14-20(22)24(30-25)33-11-9-28-17(12-33)7-8-27/h2,5-6,17-18,28,34H,3-4,7,9-16H2,1H3. The third kappa shape index (κ3) is 5.17. The van der Waals surface area contributed by atoms with Crippen LogP contribution in [-0.2, 0) is 19.6 Å². The number of piperazine rings is 1. The summed E-state index contributed by atoms with van der Waals surface area (Å²) in [4.78, 5) is 16.2. The molecule has 186 valence electrons. The number of likely N-dealkylation sites (N-methyl/N-ethyl adjacent to an activating group) is 1. The van der Waals surface area contributed by atoms with E-state index < -0.39 is 5.82 Å². The maximum Gasteiger partial charge on any atom is 0.318 e. The van der Waals surface area contributed by atoms with Crippen LogP contribution in [0.5, 0.6) is 11.8 Å². The van der Waals surface area contributed by atoms with Crippen molar-refractivity contribution in [2.75, 3.05) is 44.7 Å². The normalized spacial score (nSPS) is 22.8. The third-order valence-electron chi connectivity index (χ3n) is 7.25. The fraction of sp³-hybridized carbons (Fsp3) is 0.560. The molecule has 1 aromatic heterocycles. The van der Waals surface area contributed by atoms with E-state index in [1.807, 2.05) is 0 Å². The predicted octanol–water partition coefficient (Wildman–Crippen LogP) is 2.00. The van der Waals surface area contributed by atoms with Crippen molar-refractivity contribution in [1.82, 2.24) is 25.1 Å². The van der Waals surface area contributed by atoms with Gasteiger partial charge in [0, 0.05) is 62.5 Å². The van der Waals surface area contributed by atoms with Crippen molar-refractivity contribution >= 4 is 5.82 Å². The van der Waals surface area contributed by atoms with Crippen LogP contribution in [0.3, 0.4) is 0 Å². The molecule has 35 heavy (non-hydrogen) atoms. The van der Waals surface area contributed by atoms with Gasteiger partial charge in [0.1, 0.15) is 24.0 Å². The van der Waals surface area contributed by atoms with Crippen molar-refractivity contribution in [3.8, 4) is 17.8 Å². The molecule has 0 spiro atoms. The molecule has 3 aliphatic rings. The highest BCUT2D eigenvalue weighted by atomic mass is 19.1. The second-order valence-electron chi connectivity index (χ2n) is 9.68. The molecule has 2 atom stereocenters. The van der Waals surface area contributed by atoms with E-state index in [-0.39, 0.29) is 23.9 Å². The van der Waals surface area contributed by atoms with E-state index in [4.69, 9.17) is 14.7 Å². The number of ether oxygens (including phenoxy) is 1. The van der Waals surface area contributed by atoms with Crippen LogP contribution in [-0.4, -0.2) is 76.8 Å². The van der Waals surface area contributed by atoms with Gasteiger partial charge in [-0.15, -0.1) is 0 Å². The first kappa shape index (κ1) is 23.7. The molecule has 2 unspecified atom stereocenters. The molecule has 4 heterocycles. The molecule has 0 aliphatic carbocycles. The fourth-order valence-corrected chi connectivity index (χ4v) is 5.27. The lowest BCUT2D eigenvalue weighted by Gasteiger charge is -2.34. The Labute approximate surface area is 205 Å². The molecule has 2 N–H and O–H groups in total. The molecule has 0 bridgehead atoms. The second-order valence-corrected chi connectivity index (χ2v) is 9.68. The summed E-state index contributed by atoms with van der Waals surface area (Å²) in [6, 6.07) is 7.43. The van der Waals surface area contributed by atoms with Gasteiger partial charge in [-0.05, 0) is 38.6 Å². The SMILES string of the molecule is CN1CCCC1COc1nc2c(c(N3CCNC(CC#N)C3)n1)CN(Cc1c(O)cccc1F)C2. The van der Waals surface area contributed by atoms with Gasteiger partial charge >= 0.3 is 6.01 Å². The highest BCUT2D eigenvalue weighted by Crippen LogP contribution is 2.34. The van der Waals surface area contributed by atoms with E-state index in [2.05, 4.69) is 33.1 Å². The van der Waals surface area contributed by atoms with Crippen molar-refractivity contribution in [2.24, 2.45) is 0 Å². The van der Waals surface area contributed by atoms with Gasteiger partial charge in [-0.3, -0.25) is 4.90 Å². The minimum Gasteiger partial charge on any atom is -0.508 e. The molecule has 0 radical (unpaired) electrons. The number of nitrogens with one attached hydrogen (secondary N) is 1. The van der Waals surface area contributed by atoms with Crippen molar-refractivity contribution in [1.29, 1.82) is 5.26 Å². The molecule has 0 amide bonds. The number of rotatable bonds is 7. The summed E-state index contributed by atoms with van der Waals surface area (Å²) in [7, 11) is 2.11. The number of aromatic nitrogens is 2. The van der Waals surface area contributed by atoms with E-state index in [9.17, 15) is 14.8 Å². The number of hydrogen-bond acceptors (Lipinski definition) is 9. The summed E-state index contributed by atoms with van der Waals surface area (Å²) in [5.41, 5.74) is 2.16. The van der Waals surface area contributed by atoms with E-state index in [0.29, 0.717) is 44.7 Å². The Morgan fingerprint density at radius 3 is 2.94 bits per heavy atom. The largest absolute Gasteiger partial charge is 0.508 e. The zero-order valence-electron chi connectivity index (χ0n) is 20.1. The van der Waals surface area contributed by atoms with E-state index in [1.54, 1.807) is 0 Å². The van der Waals surface area contributed by atoms with Crippen molar-refractivity contribution in [3.05, 3.63) is 40.8 Å². The maximum absolute atomic E-state index is 14.4.